The van der Waals surface area contributed by atoms with Gasteiger partial charge in [-0.25, -0.2) is 9.59 Å². The zero-order valence-electron chi connectivity index (χ0n) is 35.7. The molecule has 6 unspecified atom stereocenters. The highest BCUT2D eigenvalue weighted by Crippen LogP contribution is 2.41. The number of likely N-dealkylation sites (N-methyl/N-ethyl adjacent to an activating group) is 1. The largest absolute Gasteiger partial charge is 0.456 e. The number of hydrogen-bond acceptors (Lipinski definition) is 11. The van der Waals surface area contributed by atoms with Crippen LogP contribution in [0.2, 0.25) is 18.1 Å². The molecule has 0 aromatic heterocycles. The highest BCUT2D eigenvalue weighted by Gasteiger charge is 2.50. The number of cyclic esters (lactones) is 1. The summed E-state index contributed by atoms with van der Waals surface area (Å²) in [6.07, 6.45) is 0.410. The van der Waals surface area contributed by atoms with Gasteiger partial charge >= 0.3 is 11.9 Å². The van der Waals surface area contributed by atoms with Crippen LogP contribution in [0.3, 0.4) is 0 Å². The molecule has 3 rings (SSSR count). The first-order chi connectivity index (χ1) is 24.9. The second-order valence-corrected chi connectivity index (χ2v) is 22.5. The SMILES string of the molecule is C=CC(CO[Si](C)(C)C(C)(C)C)NC[C@H](C)CC(C)(OC)[C@H](OC1OC(C)CC(N(C)C)C1OC(=O)c1ccccc1)[C@@H](C)C1=C(C)C(=O)OC(C)(C)O1. The van der Waals surface area contributed by atoms with E-state index in [1.165, 1.54) is 0 Å². The number of carbonyl (C=O) groups is 2. The molecule has 2 aliphatic rings. The fourth-order valence-corrected chi connectivity index (χ4v) is 7.99. The van der Waals surface area contributed by atoms with Crippen molar-refractivity contribution in [2.45, 2.75) is 148 Å². The van der Waals surface area contributed by atoms with Gasteiger partial charge < -0.3 is 43.1 Å². The molecule has 0 radical (unpaired) electrons. The second kappa shape index (κ2) is 18.6. The van der Waals surface area contributed by atoms with E-state index < -0.39 is 56.1 Å². The van der Waals surface area contributed by atoms with E-state index in [9.17, 15) is 9.59 Å². The molecule has 1 fully saturated rings. The monoisotopic (exact) mass is 774 g/mol. The van der Waals surface area contributed by atoms with Crippen molar-refractivity contribution in [1.29, 1.82) is 0 Å². The molecule has 306 valence electrons. The van der Waals surface area contributed by atoms with Gasteiger partial charge in [0.25, 0.3) is 0 Å². The quantitative estimate of drug-likeness (QED) is 0.0910. The Hall–Kier alpha value is -2.58. The summed E-state index contributed by atoms with van der Waals surface area (Å²) in [6, 6.07) is 8.68. The molecule has 1 N–H and O–H groups in total. The summed E-state index contributed by atoms with van der Waals surface area (Å²) in [5, 5.41) is 3.75. The minimum Gasteiger partial charge on any atom is -0.456 e. The molecular formula is C42H70N2O9Si. The summed E-state index contributed by atoms with van der Waals surface area (Å²) < 4.78 is 44.7. The molecule has 1 aromatic rings. The van der Waals surface area contributed by atoms with Crippen molar-refractivity contribution in [3.05, 3.63) is 59.9 Å². The maximum absolute atomic E-state index is 13.6. The van der Waals surface area contributed by atoms with E-state index in [2.05, 4.69) is 52.7 Å². The summed E-state index contributed by atoms with van der Waals surface area (Å²) in [7, 11) is 3.65. The van der Waals surface area contributed by atoms with E-state index in [4.69, 9.17) is 32.8 Å². The number of esters is 2. The first-order valence-corrected chi connectivity index (χ1v) is 22.3. The number of methoxy groups -OCH3 is 1. The standard InChI is InChI=1S/C42H70N2O9Si/c1-17-32(26-48-54(15,16)40(6,7)8)43-25-27(2)24-42(11,47-14)36(29(4)34-30(5)37(45)53-41(9,10)52-34)51-39-35(33(44(12)13)23-28(3)49-39)50-38(46)31-21-19-18-20-22-31/h17-22,27-29,32-33,35-36,39,43H,1,23-26H2,2-16H3/t27-,28?,29+,32?,33?,35?,36-,39?,42?/m1/s1. The second-order valence-electron chi connectivity index (χ2n) is 17.7. The van der Waals surface area contributed by atoms with Crippen LogP contribution < -0.4 is 5.32 Å². The predicted octanol–water partition coefficient (Wildman–Crippen LogP) is 7.48. The molecule has 0 amide bonds. The lowest BCUT2D eigenvalue weighted by Gasteiger charge is -2.48. The van der Waals surface area contributed by atoms with Gasteiger partial charge in [0.15, 0.2) is 20.7 Å². The van der Waals surface area contributed by atoms with Crippen molar-refractivity contribution >= 4 is 20.3 Å². The lowest BCUT2D eigenvalue weighted by atomic mass is 9.80. The highest BCUT2D eigenvalue weighted by atomic mass is 28.4. The number of hydrogen-bond donors (Lipinski definition) is 1. The number of nitrogens with one attached hydrogen (secondary N) is 1. The third-order valence-corrected chi connectivity index (χ3v) is 15.8. The average Bonchev–Trinajstić information content (AvgIpc) is 3.08. The topological polar surface area (TPSA) is 114 Å². The summed E-state index contributed by atoms with van der Waals surface area (Å²) in [6.45, 7) is 29.7. The maximum Gasteiger partial charge on any atom is 0.340 e. The summed E-state index contributed by atoms with van der Waals surface area (Å²) in [5.74, 6) is -2.06. The molecule has 54 heavy (non-hydrogen) atoms. The Kier molecular flexibility index (Phi) is 15.8. The third kappa shape index (κ3) is 11.7. The highest BCUT2D eigenvalue weighted by molar-refractivity contribution is 6.74. The lowest BCUT2D eigenvalue weighted by Crippen LogP contribution is -2.59. The van der Waals surface area contributed by atoms with E-state index in [1.807, 2.05) is 51.9 Å². The Bertz CT molecular complexity index is 1440. The van der Waals surface area contributed by atoms with Crippen molar-refractivity contribution in [2.24, 2.45) is 11.8 Å². The van der Waals surface area contributed by atoms with Crippen molar-refractivity contribution < 1.29 is 42.4 Å². The number of rotatable bonds is 18. The van der Waals surface area contributed by atoms with Crippen molar-refractivity contribution in [3.8, 4) is 0 Å². The van der Waals surface area contributed by atoms with E-state index >= 15 is 0 Å². The van der Waals surface area contributed by atoms with Gasteiger partial charge in [-0.15, -0.1) is 6.58 Å². The van der Waals surface area contributed by atoms with E-state index in [0.29, 0.717) is 42.9 Å². The molecule has 0 aliphatic carbocycles. The minimum absolute atomic E-state index is 0.0295. The van der Waals surface area contributed by atoms with Crippen LogP contribution in [-0.2, 0) is 37.6 Å². The Morgan fingerprint density at radius 1 is 1.13 bits per heavy atom. The Morgan fingerprint density at radius 2 is 1.76 bits per heavy atom. The normalized spacial score (nSPS) is 25.5. The van der Waals surface area contributed by atoms with Gasteiger partial charge in [0.1, 0.15) is 5.76 Å². The molecular weight excluding hydrogens is 705 g/mol. The van der Waals surface area contributed by atoms with Gasteiger partial charge in [0.2, 0.25) is 5.79 Å². The van der Waals surface area contributed by atoms with Gasteiger partial charge in [-0.1, -0.05) is 58.9 Å². The first kappa shape index (κ1) is 45.8. The van der Waals surface area contributed by atoms with Gasteiger partial charge in [-0.05, 0) is 90.4 Å². The van der Waals surface area contributed by atoms with Crippen molar-refractivity contribution in [1.82, 2.24) is 10.2 Å². The summed E-state index contributed by atoms with van der Waals surface area (Å²) >= 11 is 0. The fraction of sp³-hybridized carbons (Fsp3) is 0.714. The van der Waals surface area contributed by atoms with Crippen LogP contribution in [0.1, 0.15) is 92.4 Å². The van der Waals surface area contributed by atoms with Crippen molar-refractivity contribution in [3.63, 3.8) is 0 Å². The number of ether oxygens (including phenoxy) is 6. The summed E-state index contributed by atoms with van der Waals surface area (Å²) in [4.78, 5) is 28.7. The van der Waals surface area contributed by atoms with E-state index in [1.54, 1.807) is 52.1 Å². The summed E-state index contributed by atoms with van der Waals surface area (Å²) in [5.41, 5.74) is -0.143. The van der Waals surface area contributed by atoms with Gasteiger partial charge in [-0.2, -0.15) is 0 Å². The fourth-order valence-electron chi connectivity index (χ4n) is 6.96. The third-order valence-electron chi connectivity index (χ3n) is 11.3. The van der Waals surface area contributed by atoms with Crippen molar-refractivity contribution in [2.75, 3.05) is 34.4 Å². The van der Waals surface area contributed by atoms with Gasteiger partial charge in [0.05, 0.1) is 41.6 Å². The molecule has 1 aromatic carbocycles. The van der Waals surface area contributed by atoms with Crippen LogP contribution in [-0.4, -0.2) is 108 Å². The zero-order valence-corrected chi connectivity index (χ0v) is 36.7. The van der Waals surface area contributed by atoms with Gasteiger partial charge in [-0.3, -0.25) is 0 Å². The van der Waals surface area contributed by atoms with Crippen LogP contribution in [0.15, 0.2) is 54.3 Å². The molecule has 0 spiro atoms. The average molecular weight is 775 g/mol. The smallest absolute Gasteiger partial charge is 0.340 e. The molecule has 9 atom stereocenters. The maximum atomic E-state index is 13.6. The molecule has 1 saturated heterocycles. The number of carbonyl (C=O) groups excluding carboxylic acids is 2. The number of nitrogens with zero attached hydrogens (tertiary/aromatic N) is 1. The molecule has 0 saturated carbocycles. The van der Waals surface area contributed by atoms with Crippen LogP contribution in [0, 0.1) is 11.8 Å². The first-order valence-electron chi connectivity index (χ1n) is 19.4. The molecule has 12 heteroatoms. The number of benzene rings is 1. The van der Waals surface area contributed by atoms with E-state index in [0.717, 1.165) is 0 Å². The van der Waals surface area contributed by atoms with Crippen LogP contribution in [0.25, 0.3) is 0 Å². The molecule has 11 nitrogen and oxygen atoms in total. The molecule has 2 aliphatic heterocycles. The van der Waals surface area contributed by atoms with E-state index in [-0.39, 0.29) is 29.1 Å². The molecule has 2 heterocycles. The van der Waals surface area contributed by atoms with Gasteiger partial charge in [0, 0.05) is 32.9 Å². The zero-order chi connectivity index (χ0) is 40.8. The Balaban J connectivity index is 1.99. The Labute approximate surface area is 326 Å². The van der Waals surface area contributed by atoms with Crippen LogP contribution >= 0.6 is 0 Å². The molecule has 0 bridgehead atoms. The minimum atomic E-state index is -1.94. The Morgan fingerprint density at radius 3 is 2.31 bits per heavy atom. The lowest BCUT2D eigenvalue weighted by molar-refractivity contribution is -0.298. The van der Waals surface area contributed by atoms with Crippen LogP contribution in [0.5, 0.6) is 0 Å². The van der Waals surface area contributed by atoms with Crippen LogP contribution in [0.4, 0.5) is 0 Å². The predicted molar refractivity (Wildman–Crippen MR) is 214 cm³/mol.